The van der Waals surface area contributed by atoms with Crippen molar-refractivity contribution < 1.29 is 4.42 Å². The molecule has 4 aromatic rings. The highest BCUT2D eigenvalue weighted by Crippen LogP contribution is 2.37. The molecule has 1 unspecified atom stereocenters. The van der Waals surface area contributed by atoms with Crippen LogP contribution < -0.4 is 22.1 Å². The number of nitrogens with two attached hydrogens (primary N) is 2. The molecule has 1 atom stereocenters. The summed E-state index contributed by atoms with van der Waals surface area (Å²) in [5.41, 5.74) is 19.9. The standard InChI is InChI=1S/C22H22N8O/c23-20-18-19(14-3-4-17-16(8-14)28-22(24)31-17)29-30(21(18)27-11-26-20)10-12-1-2-15-9-25-6-5-13(15)7-12/h1-4,7-8,11,20,25H,5-6,9-10,23H2,(H2,24,28)(H,26,27). The largest absolute Gasteiger partial charge is 0.424 e. The monoisotopic (exact) mass is 414 g/mol. The number of fused-ring (bicyclic) bond motifs is 3. The quantitative estimate of drug-likeness (QED) is 0.404. The van der Waals surface area contributed by atoms with E-state index in [1.165, 1.54) is 16.7 Å². The molecular formula is C22H22N8O. The number of oxazole rings is 1. The summed E-state index contributed by atoms with van der Waals surface area (Å²) in [5.74, 6) is 0.764. The zero-order valence-electron chi connectivity index (χ0n) is 16.8. The first-order valence-corrected chi connectivity index (χ1v) is 10.3. The smallest absolute Gasteiger partial charge is 0.292 e. The van der Waals surface area contributed by atoms with Gasteiger partial charge in [-0.15, -0.1) is 0 Å². The predicted molar refractivity (Wildman–Crippen MR) is 119 cm³/mol. The van der Waals surface area contributed by atoms with E-state index < -0.39 is 6.17 Å². The van der Waals surface area contributed by atoms with Gasteiger partial charge in [0.05, 0.1) is 18.4 Å². The van der Waals surface area contributed by atoms with Crippen LogP contribution in [0, 0.1) is 0 Å². The Kier molecular flexibility index (Phi) is 4.05. The lowest BCUT2D eigenvalue weighted by molar-refractivity contribution is 0.626. The van der Waals surface area contributed by atoms with Crippen molar-refractivity contribution in [3.05, 3.63) is 58.7 Å². The summed E-state index contributed by atoms with van der Waals surface area (Å²) >= 11 is 0. The van der Waals surface area contributed by atoms with Crippen LogP contribution in [0.4, 0.5) is 11.8 Å². The van der Waals surface area contributed by atoms with Crippen LogP contribution in [0.5, 0.6) is 0 Å². The van der Waals surface area contributed by atoms with Crippen molar-refractivity contribution in [3.63, 3.8) is 0 Å². The molecule has 0 saturated carbocycles. The fourth-order valence-electron chi connectivity index (χ4n) is 4.37. The van der Waals surface area contributed by atoms with E-state index in [1.54, 1.807) is 6.34 Å². The fourth-order valence-corrected chi connectivity index (χ4v) is 4.37. The zero-order chi connectivity index (χ0) is 20.9. The van der Waals surface area contributed by atoms with E-state index in [0.717, 1.165) is 42.1 Å². The summed E-state index contributed by atoms with van der Waals surface area (Å²) in [5, 5.41) is 11.4. The van der Waals surface area contributed by atoms with E-state index in [-0.39, 0.29) is 6.01 Å². The number of hydrogen-bond acceptors (Lipinski definition) is 8. The lowest BCUT2D eigenvalue weighted by Crippen LogP contribution is -2.30. The molecule has 0 spiro atoms. The Balaban J connectivity index is 1.44. The van der Waals surface area contributed by atoms with Crippen LogP contribution in [0.3, 0.4) is 0 Å². The maximum absolute atomic E-state index is 6.38. The summed E-state index contributed by atoms with van der Waals surface area (Å²) in [6.07, 6.45) is 2.28. The molecule has 2 aromatic heterocycles. The van der Waals surface area contributed by atoms with Gasteiger partial charge in [-0.3, -0.25) is 0 Å². The molecule has 9 nitrogen and oxygen atoms in total. The lowest BCUT2D eigenvalue weighted by atomic mass is 9.98. The summed E-state index contributed by atoms with van der Waals surface area (Å²) < 4.78 is 7.32. The van der Waals surface area contributed by atoms with Crippen molar-refractivity contribution in [2.45, 2.75) is 25.7 Å². The van der Waals surface area contributed by atoms with Crippen molar-refractivity contribution in [2.75, 3.05) is 12.3 Å². The Hall–Kier alpha value is -3.69. The van der Waals surface area contributed by atoms with E-state index in [2.05, 4.69) is 38.8 Å². The average Bonchev–Trinajstić information content (AvgIpc) is 3.33. The van der Waals surface area contributed by atoms with Crippen molar-refractivity contribution >= 4 is 29.3 Å². The molecule has 2 aliphatic rings. The maximum Gasteiger partial charge on any atom is 0.292 e. The van der Waals surface area contributed by atoms with E-state index in [1.807, 2.05) is 22.9 Å². The van der Waals surface area contributed by atoms with Crippen molar-refractivity contribution in [2.24, 2.45) is 10.7 Å². The molecule has 31 heavy (non-hydrogen) atoms. The minimum absolute atomic E-state index is 0.144. The molecular weight excluding hydrogens is 392 g/mol. The Bertz CT molecular complexity index is 1340. The normalized spacial score (nSPS) is 17.4. The SMILES string of the molecule is Nc1nc2cc(-c3nn(Cc4ccc5c(c4)CCNC5)c4c3C(N)NC=N4)ccc2o1. The zero-order valence-corrected chi connectivity index (χ0v) is 16.8. The van der Waals surface area contributed by atoms with E-state index >= 15 is 0 Å². The number of aromatic nitrogens is 3. The van der Waals surface area contributed by atoms with E-state index in [0.29, 0.717) is 17.6 Å². The second-order valence-electron chi connectivity index (χ2n) is 7.91. The molecule has 6 rings (SSSR count). The third kappa shape index (κ3) is 3.06. The highest BCUT2D eigenvalue weighted by atomic mass is 16.4. The first-order valence-electron chi connectivity index (χ1n) is 10.3. The molecule has 0 bridgehead atoms. The molecule has 0 fully saturated rings. The second-order valence-corrected chi connectivity index (χ2v) is 7.91. The predicted octanol–water partition coefficient (Wildman–Crippen LogP) is 2.19. The number of benzene rings is 2. The second kappa shape index (κ2) is 6.93. The number of nitrogens with zero attached hydrogens (tertiary/aromatic N) is 4. The van der Waals surface area contributed by atoms with Crippen molar-refractivity contribution in [1.82, 2.24) is 25.4 Å². The van der Waals surface area contributed by atoms with Gasteiger partial charge in [-0.2, -0.15) is 10.1 Å². The first-order chi connectivity index (χ1) is 15.2. The molecule has 9 heteroatoms. The minimum Gasteiger partial charge on any atom is -0.424 e. The van der Waals surface area contributed by atoms with E-state index in [4.69, 9.17) is 21.0 Å². The van der Waals surface area contributed by atoms with Gasteiger partial charge in [0.1, 0.15) is 17.4 Å². The van der Waals surface area contributed by atoms with Crippen LogP contribution in [0.15, 0.2) is 45.8 Å². The van der Waals surface area contributed by atoms with Crippen LogP contribution in [0.2, 0.25) is 0 Å². The molecule has 0 saturated heterocycles. The summed E-state index contributed by atoms with van der Waals surface area (Å²) in [6, 6.07) is 12.5. The molecule has 0 radical (unpaired) electrons. The Morgan fingerprint density at radius 2 is 2.10 bits per heavy atom. The van der Waals surface area contributed by atoms with Crippen molar-refractivity contribution in [1.29, 1.82) is 0 Å². The van der Waals surface area contributed by atoms with Gasteiger partial charge in [0, 0.05) is 12.1 Å². The van der Waals surface area contributed by atoms with Crippen LogP contribution in [0.1, 0.15) is 28.4 Å². The highest BCUT2D eigenvalue weighted by molar-refractivity contribution is 5.83. The van der Waals surface area contributed by atoms with Crippen LogP contribution >= 0.6 is 0 Å². The molecule has 4 heterocycles. The molecule has 0 amide bonds. The lowest BCUT2D eigenvalue weighted by Gasteiger charge is -2.19. The number of nitrogens with one attached hydrogen (secondary N) is 2. The van der Waals surface area contributed by atoms with Gasteiger partial charge in [0.25, 0.3) is 6.01 Å². The maximum atomic E-state index is 6.38. The van der Waals surface area contributed by atoms with Crippen LogP contribution in [-0.2, 0) is 19.5 Å². The van der Waals surface area contributed by atoms with Gasteiger partial charge < -0.3 is 26.5 Å². The number of rotatable bonds is 3. The topological polar surface area (TPSA) is 132 Å². The summed E-state index contributed by atoms with van der Waals surface area (Å²) in [6.45, 7) is 2.56. The molecule has 0 aliphatic carbocycles. The third-order valence-electron chi connectivity index (χ3n) is 5.88. The molecule has 2 aromatic carbocycles. The van der Waals surface area contributed by atoms with Crippen LogP contribution in [-0.4, -0.2) is 27.6 Å². The third-order valence-corrected chi connectivity index (χ3v) is 5.88. The van der Waals surface area contributed by atoms with Gasteiger partial charge in [-0.05, 0) is 47.9 Å². The van der Waals surface area contributed by atoms with Crippen molar-refractivity contribution in [3.8, 4) is 11.3 Å². The Morgan fingerprint density at radius 3 is 3.03 bits per heavy atom. The van der Waals surface area contributed by atoms with Crippen LogP contribution in [0.25, 0.3) is 22.4 Å². The van der Waals surface area contributed by atoms with Gasteiger partial charge in [0.2, 0.25) is 0 Å². The highest BCUT2D eigenvalue weighted by Gasteiger charge is 2.26. The average molecular weight is 414 g/mol. The number of nitrogen functional groups attached to an aromatic ring is 1. The Morgan fingerprint density at radius 1 is 1.16 bits per heavy atom. The summed E-state index contributed by atoms with van der Waals surface area (Å²) in [4.78, 5) is 8.80. The number of hydrogen-bond donors (Lipinski definition) is 4. The molecule has 156 valence electrons. The fraction of sp³-hybridized carbons (Fsp3) is 0.227. The summed E-state index contributed by atoms with van der Waals surface area (Å²) in [7, 11) is 0. The Labute approximate surface area is 178 Å². The molecule has 6 N–H and O–H groups in total. The number of anilines is 1. The van der Waals surface area contributed by atoms with E-state index in [9.17, 15) is 0 Å². The van der Waals surface area contributed by atoms with Gasteiger partial charge in [0.15, 0.2) is 11.4 Å². The number of aliphatic imine (C=N–C) groups is 1. The molecule has 2 aliphatic heterocycles. The minimum atomic E-state index is -0.399. The first kappa shape index (κ1) is 18.1. The van der Waals surface area contributed by atoms with Gasteiger partial charge >= 0.3 is 0 Å². The van der Waals surface area contributed by atoms with Gasteiger partial charge in [-0.25, -0.2) is 9.67 Å². The van der Waals surface area contributed by atoms with Gasteiger partial charge in [-0.1, -0.05) is 18.2 Å².